The molecule has 0 aromatic rings. The van der Waals surface area contributed by atoms with Crippen LogP contribution in [-0.4, -0.2) is 132 Å². The number of esters is 2. The fraction of sp³-hybridized carbons (Fsp3) is 0.904. The number of carbonyl (C=O) groups is 7. The smallest absolute Gasteiger partial charge is 0.462 e. The Morgan fingerprint density at radius 1 is 0.344 bits per heavy atom. The Balaban J connectivity index is 5.33. The molecule has 0 fully saturated rings. The van der Waals surface area contributed by atoms with Gasteiger partial charge in [-0.25, -0.2) is 4.79 Å². The summed E-state index contributed by atoms with van der Waals surface area (Å²) in [5.41, 5.74) is 0. The molecular formula is C73H138N4O17P2+2. The number of urea groups is 1. The molecule has 560 valence electrons. The third-order valence-corrected chi connectivity index (χ3v) is 18.2. The highest BCUT2D eigenvalue weighted by Crippen LogP contribution is 2.25. The molecule has 4 N–H and O–H groups in total. The van der Waals surface area contributed by atoms with Crippen LogP contribution in [0, 0.1) is 0 Å². The molecule has 0 radical (unpaired) electrons. The maximum atomic E-state index is 13.2. The molecule has 0 heterocycles. The van der Waals surface area contributed by atoms with Crippen LogP contribution in [-0.2, 0) is 74.9 Å². The summed E-state index contributed by atoms with van der Waals surface area (Å²) in [6, 6.07) is -2.19. The van der Waals surface area contributed by atoms with Crippen molar-refractivity contribution in [1.82, 2.24) is 21.3 Å². The number of ketones is 2. The maximum Gasteiger partial charge on any atom is 0.697 e. The number of carbonyl (C=O) groups excluding carboxylic acids is 7. The first-order valence-corrected chi connectivity index (χ1v) is 40.5. The second-order valence-corrected chi connectivity index (χ2v) is 28.0. The molecule has 0 aromatic heterocycles. The molecule has 0 bridgehead atoms. The first-order chi connectivity index (χ1) is 46.6. The summed E-state index contributed by atoms with van der Waals surface area (Å²) in [4.78, 5) is 89.3. The highest BCUT2D eigenvalue weighted by atomic mass is 31.1. The SMILES string of the molecule is CCCCCCCCCCCC(=O)CC(=O)NC(COCCC(CCCCCCC)OC(C)=O)CO[P+](=O)OCCNC(=O)NCCO[P+](=O)OCC(COCCC(CCCCCCC)OC(=O)CCCCCCCCCCC)NC(=O)CC(=O)CCCCCCCCCCC. The number of hydrogen-bond acceptors (Lipinski definition) is 17. The molecule has 6 atom stereocenters. The fourth-order valence-corrected chi connectivity index (χ4v) is 12.3. The van der Waals surface area contributed by atoms with Crippen molar-refractivity contribution in [2.75, 3.05) is 65.9 Å². The van der Waals surface area contributed by atoms with Gasteiger partial charge in [0.15, 0.2) is 0 Å². The Hall–Kier alpha value is -3.55. The Morgan fingerprint density at radius 2 is 0.656 bits per heavy atom. The van der Waals surface area contributed by atoms with Crippen molar-refractivity contribution in [1.29, 1.82) is 0 Å². The summed E-state index contributed by atoms with van der Waals surface area (Å²) in [6.45, 7) is 11.7. The summed E-state index contributed by atoms with van der Waals surface area (Å²) in [6.07, 6.45) is 43.2. The van der Waals surface area contributed by atoms with Crippen molar-refractivity contribution < 1.29 is 79.7 Å². The lowest BCUT2D eigenvalue weighted by atomic mass is 10.0. The molecule has 0 saturated heterocycles. The van der Waals surface area contributed by atoms with E-state index in [0.29, 0.717) is 38.5 Å². The van der Waals surface area contributed by atoms with Crippen molar-refractivity contribution in [2.24, 2.45) is 0 Å². The summed E-state index contributed by atoms with van der Waals surface area (Å²) in [5.74, 6) is -1.90. The Labute approximate surface area is 583 Å². The number of Topliss-reactive ketones (excluding diaryl/α,β-unsaturated/α-hetero) is 2. The molecule has 0 aliphatic rings. The highest BCUT2D eigenvalue weighted by molar-refractivity contribution is 7.33. The Morgan fingerprint density at radius 3 is 1.00 bits per heavy atom. The molecule has 23 heteroatoms. The van der Waals surface area contributed by atoms with Gasteiger partial charge in [-0.1, -0.05) is 240 Å². The van der Waals surface area contributed by atoms with Crippen LogP contribution in [0.1, 0.15) is 337 Å². The first kappa shape index (κ1) is 92.4. The van der Waals surface area contributed by atoms with Crippen LogP contribution in [0.3, 0.4) is 0 Å². The van der Waals surface area contributed by atoms with Gasteiger partial charge in [0.1, 0.15) is 50.2 Å². The van der Waals surface area contributed by atoms with Gasteiger partial charge in [0.25, 0.3) is 0 Å². The minimum Gasteiger partial charge on any atom is -0.462 e. The summed E-state index contributed by atoms with van der Waals surface area (Å²) < 4.78 is 70.8. The minimum atomic E-state index is -2.71. The van der Waals surface area contributed by atoms with Crippen LogP contribution >= 0.6 is 16.5 Å². The zero-order chi connectivity index (χ0) is 70.6. The van der Waals surface area contributed by atoms with Crippen molar-refractivity contribution in [3.8, 4) is 0 Å². The predicted molar refractivity (Wildman–Crippen MR) is 382 cm³/mol. The van der Waals surface area contributed by atoms with Crippen LogP contribution in [0.5, 0.6) is 0 Å². The number of hydrogen-bond donors (Lipinski definition) is 4. The van der Waals surface area contributed by atoms with Crippen LogP contribution in [0.15, 0.2) is 0 Å². The zero-order valence-electron chi connectivity index (χ0n) is 61.2. The van der Waals surface area contributed by atoms with Gasteiger partial charge < -0.3 is 40.2 Å². The van der Waals surface area contributed by atoms with E-state index in [1.807, 2.05) is 0 Å². The summed E-state index contributed by atoms with van der Waals surface area (Å²) in [7, 11) is -5.41. The van der Waals surface area contributed by atoms with E-state index in [4.69, 9.17) is 37.0 Å². The van der Waals surface area contributed by atoms with E-state index in [2.05, 4.69) is 55.9 Å². The van der Waals surface area contributed by atoms with Crippen molar-refractivity contribution in [3.05, 3.63) is 0 Å². The van der Waals surface area contributed by atoms with Gasteiger partial charge in [0, 0.05) is 61.2 Å². The molecule has 0 rings (SSSR count). The second kappa shape index (κ2) is 69.9. The molecule has 21 nitrogen and oxygen atoms in total. The average molecular weight is 1410 g/mol. The van der Waals surface area contributed by atoms with E-state index in [1.54, 1.807) is 0 Å². The van der Waals surface area contributed by atoms with Gasteiger partial charge in [-0.2, -0.15) is 0 Å². The van der Waals surface area contributed by atoms with Gasteiger partial charge in [0.2, 0.25) is 11.8 Å². The lowest BCUT2D eigenvalue weighted by Crippen LogP contribution is -2.42. The van der Waals surface area contributed by atoms with Gasteiger partial charge >= 0.3 is 34.5 Å². The topological polar surface area (TPSA) is 276 Å². The molecule has 96 heavy (non-hydrogen) atoms. The third kappa shape index (κ3) is 65.1. The molecule has 0 aliphatic carbocycles. The van der Waals surface area contributed by atoms with E-state index < -0.39 is 46.4 Å². The van der Waals surface area contributed by atoms with Crippen molar-refractivity contribution in [3.63, 3.8) is 0 Å². The van der Waals surface area contributed by atoms with Crippen molar-refractivity contribution in [2.45, 2.75) is 361 Å². The largest absolute Gasteiger partial charge is 0.697 e. The van der Waals surface area contributed by atoms with Gasteiger partial charge in [-0.15, -0.1) is 18.1 Å². The standard InChI is InChI=1S/C73H136N4O17P2/c1-7-12-17-22-25-28-31-36-39-44-66(79)57-70(81)76-64(59-87-53-49-68(93-63(6)78)46-41-34-20-15-10-4)61-91-95(85)89-55-51-74-73(84)75-52-56-90-96(86)92-62-65(77-71(82)58-67(80)45-40-37-32-29-26-23-18-13-8-2)60-88-54-50-69(47-42-35-21-16-11-5)94-72(83)48-43-38-33-30-27-24-19-14-9-3/h64-65,68-69H,7-62H2,1-6H3,(H2-2,74,75,76,77,81,82,84)/p+2. The molecule has 0 aliphatic heterocycles. The number of unbranched alkanes of at least 4 members (excludes halogenated alkanes) is 32. The monoisotopic (exact) mass is 1400 g/mol. The van der Waals surface area contributed by atoms with Gasteiger partial charge in [-0.3, -0.25) is 28.8 Å². The predicted octanol–water partition coefficient (Wildman–Crippen LogP) is 17.7. The molecule has 4 amide bonds. The molecule has 6 unspecified atom stereocenters. The molecular weight excluding hydrogens is 1270 g/mol. The Bertz CT molecular complexity index is 1960. The first-order valence-electron chi connectivity index (χ1n) is 38.3. The average Bonchev–Trinajstić information content (AvgIpc) is 2.33. The van der Waals surface area contributed by atoms with Gasteiger partial charge in [0.05, 0.1) is 51.4 Å². The summed E-state index contributed by atoms with van der Waals surface area (Å²) in [5, 5.41) is 10.7. The molecule has 0 saturated carbocycles. The zero-order valence-corrected chi connectivity index (χ0v) is 63.0. The maximum absolute atomic E-state index is 13.2. The minimum absolute atomic E-state index is 0.0275. The lowest BCUT2D eigenvalue weighted by Gasteiger charge is -2.20. The molecule has 0 spiro atoms. The van der Waals surface area contributed by atoms with Gasteiger partial charge in [-0.05, 0) is 44.9 Å². The number of amides is 4. The fourth-order valence-electron chi connectivity index (χ4n) is 11.0. The van der Waals surface area contributed by atoms with Crippen LogP contribution < -0.4 is 21.3 Å². The van der Waals surface area contributed by atoms with E-state index in [9.17, 15) is 42.7 Å². The third-order valence-electron chi connectivity index (χ3n) is 16.7. The second-order valence-electron chi connectivity index (χ2n) is 26.1. The normalized spacial score (nSPS) is 12.9. The Kier molecular flexibility index (Phi) is 67.3. The summed E-state index contributed by atoms with van der Waals surface area (Å²) >= 11 is 0. The van der Waals surface area contributed by atoms with Crippen LogP contribution in [0.4, 0.5) is 4.79 Å². The highest BCUT2D eigenvalue weighted by Gasteiger charge is 2.28. The van der Waals surface area contributed by atoms with E-state index >= 15 is 0 Å². The van der Waals surface area contributed by atoms with E-state index in [-0.39, 0.29) is 114 Å². The van der Waals surface area contributed by atoms with E-state index in [1.165, 1.54) is 110 Å². The van der Waals surface area contributed by atoms with Crippen LogP contribution in [0.2, 0.25) is 0 Å². The van der Waals surface area contributed by atoms with Crippen LogP contribution in [0.25, 0.3) is 0 Å². The van der Waals surface area contributed by atoms with E-state index in [0.717, 1.165) is 141 Å². The molecule has 0 aromatic carbocycles. The van der Waals surface area contributed by atoms with Crippen molar-refractivity contribution >= 4 is 57.9 Å². The number of nitrogens with one attached hydrogen (secondary N) is 4. The quantitative estimate of drug-likeness (QED) is 0.0191. The lowest BCUT2D eigenvalue weighted by molar-refractivity contribution is -0.151. The number of ether oxygens (including phenoxy) is 4. The number of rotatable bonds is 74.